The maximum atomic E-state index is 12.2. The number of aryl methyl sites for hydroxylation is 1. The Labute approximate surface area is 99.8 Å². The van der Waals surface area contributed by atoms with E-state index in [4.69, 9.17) is 10.8 Å². The van der Waals surface area contributed by atoms with Gasteiger partial charge in [0.1, 0.15) is 0 Å². The molecule has 17 heavy (non-hydrogen) atoms. The molecular formula is C11H18N4O2. The molecule has 1 fully saturated rings. The van der Waals surface area contributed by atoms with E-state index in [0.29, 0.717) is 30.2 Å². The first-order valence-corrected chi connectivity index (χ1v) is 5.84. The molecule has 4 N–H and O–H groups in total. The SMILES string of the molecule is Cc1[nH]nc(C(=O)N2CCCC(CO)C2)c1N. The van der Waals surface area contributed by atoms with Crippen molar-refractivity contribution in [2.45, 2.75) is 19.8 Å². The van der Waals surface area contributed by atoms with E-state index in [1.165, 1.54) is 0 Å². The average Bonchev–Trinajstić information content (AvgIpc) is 2.69. The lowest BCUT2D eigenvalue weighted by Crippen LogP contribution is -2.41. The second-order valence-electron chi connectivity index (χ2n) is 4.55. The second kappa shape index (κ2) is 4.75. The number of H-pyrrole nitrogens is 1. The molecule has 1 unspecified atom stereocenters. The first-order chi connectivity index (χ1) is 8.13. The minimum absolute atomic E-state index is 0.124. The molecule has 1 aliphatic heterocycles. The number of likely N-dealkylation sites (tertiary alicyclic amines) is 1. The van der Waals surface area contributed by atoms with Gasteiger partial charge in [-0.2, -0.15) is 5.10 Å². The lowest BCUT2D eigenvalue weighted by atomic mass is 9.99. The maximum absolute atomic E-state index is 12.2. The van der Waals surface area contributed by atoms with E-state index in [-0.39, 0.29) is 18.4 Å². The van der Waals surface area contributed by atoms with Crippen LogP contribution in [0.25, 0.3) is 0 Å². The first kappa shape index (κ1) is 11.9. The molecule has 0 aromatic carbocycles. The molecule has 1 aliphatic rings. The van der Waals surface area contributed by atoms with Crippen LogP contribution in [0.2, 0.25) is 0 Å². The van der Waals surface area contributed by atoms with Crippen LogP contribution in [0.4, 0.5) is 5.69 Å². The summed E-state index contributed by atoms with van der Waals surface area (Å²) >= 11 is 0. The van der Waals surface area contributed by atoms with Crippen LogP contribution in [0.5, 0.6) is 0 Å². The number of carbonyl (C=O) groups excluding carboxylic acids is 1. The molecule has 2 heterocycles. The number of aliphatic hydroxyl groups is 1. The zero-order valence-corrected chi connectivity index (χ0v) is 9.94. The van der Waals surface area contributed by atoms with Crippen molar-refractivity contribution in [3.05, 3.63) is 11.4 Å². The number of aromatic amines is 1. The molecule has 0 saturated carbocycles. The Bertz CT molecular complexity index is 416. The lowest BCUT2D eigenvalue weighted by molar-refractivity contribution is 0.0616. The summed E-state index contributed by atoms with van der Waals surface area (Å²) in [5.41, 5.74) is 7.21. The topological polar surface area (TPSA) is 95.2 Å². The molecule has 6 nitrogen and oxygen atoms in total. The number of nitrogens with two attached hydrogens (primary N) is 1. The summed E-state index contributed by atoms with van der Waals surface area (Å²) in [6.07, 6.45) is 1.88. The Morgan fingerprint density at radius 1 is 1.71 bits per heavy atom. The monoisotopic (exact) mass is 238 g/mol. The van der Waals surface area contributed by atoms with Crippen molar-refractivity contribution in [2.24, 2.45) is 5.92 Å². The highest BCUT2D eigenvalue weighted by Gasteiger charge is 2.27. The van der Waals surface area contributed by atoms with Crippen LogP contribution >= 0.6 is 0 Å². The van der Waals surface area contributed by atoms with Gasteiger partial charge in [-0.3, -0.25) is 9.89 Å². The Hall–Kier alpha value is -1.56. The summed E-state index contributed by atoms with van der Waals surface area (Å²) in [5, 5.41) is 15.8. The number of piperidine rings is 1. The van der Waals surface area contributed by atoms with Crippen molar-refractivity contribution in [3.8, 4) is 0 Å². The molecule has 1 aromatic rings. The average molecular weight is 238 g/mol. The first-order valence-electron chi connectivity index (χ1n) is 5.84. The Morgan fingerprint density at radius 2 is 2.47 bits per heavy atom. The highest BCUT2D eigenvalue weighted by atomic mass is 16.3. The van der Waals surface area contributed by atoms with E-state index >= 15 is 0 Å². The number of carbonyl (C=O) groups is 1. The summed E-state index contributed by atoms with van der Waals surface area (Å²) in [4.78, 5) is 13.9. The molecule has 1 atom stereocenters. The summed E-state index contributed by atoms with van der Waals surface area (Å²) in [7, 11) is 0. The van der Waals surface area contributed by atoms with Crippen LogP contribution in [0.1, 0.15) is 29.0 Å². The van der Waals surface area contributed by atoms with Crippen LogP contribution in [-0.4, -0.2) is 45.8 Å². The van der Waals surface area contributed by atoms with E-state index in [1.54, 1.807) is 11.8 Å². The van der Waals surface area contributed by atoms with E-state index in [2.05, 4.69) is 10.2 Å². The molecular weight excluding hydrogens is 220 g/mol. The summed E-state index contributed by atoms with van der Waals surface area (Å²) in [6.45, 7) is 3.20. The van der Waals surface area contributed by atoms with Crippen molar-refractivity contribution >= 4 is 11.6 Å². The van der Waals surface area contributed by atoms with E-state index in [9.17, 15) is 4.79 Å². The maximum Gasteiger partial charge on any atom is 0.276 e. The molecule has 6 heteroatoms. The van der Waals surface area contributed by atoms with E-state index < -0.39 is 0 Å². The zero-order valence-electron chi connectivity index (χ0n) is 9.94. The van der Waals surface area contributed by atoms with Crippen LogP contribution in [-0.2, 0) is 0 Å². The van der Waals surface area contributed by atoms with Gasteiger partial charge in [-0.1, -0.05) is 0 Å². The van der Waals surface area contributed by atoms with Gasteiger partial charge in [0.05, 0.1) is 11.4 Å². The molecule has 0 spiro atoms. The van der Waals surface area contributed by atoms with Gasteiger partial charge in [0.15, 0.2) is 5.69 Å². The third-order valence-corrected chi connectivity index (χ3v) is 3.26. The number of nitrogens with zero attached hydrogens (tertiary/aromatic N) is 2. The minimum Gasteiger partial charge on any atom is -0.396 e. The van der Waals surface area contributed by atoms with Crippen molar-refractivity contribution in [2.75, 3.05) is 25.4 Å². The highest BCUT2D eigenvalue weighted by Crippen LogP contribution is 2.20. The van der Waals surface area contributed by atoms with Gasteiger partial charge in [0.25, 0.3) is 5.91 Å². The highest BCUT2D eigenvalue weighted by molar-refractivity contribution is 5.97. The number of aliphatic hydroxyl groups excluding tert-OH is 1. The Balaban J connectivity index is 2.12. The Kier molecular flexibility index (Phi) is 3.33. The van der Waals surface area contributed by atoms with Crippen LogP contribution in [0, 0.1) is 12.8 Å². The molecule has 1 amide bonds. The number of hydrogen-bond donors (Lipinski definition) is 3. The molecule has 1 aromatic heterocycles. The van der Waals surface area contributed by atoms with Crippen LogP contribution < -0.4 is 5.73 Å². The quantitative estimate of drug-likeness (QED) is 0.683. The number of nitrogen functional groups attached to an aromatic ring is 1. The number of amides is 1. The molecule has 0 radical (unpaired) electrons. The predicted molar refractivity (Wildman–Crippen MR) is 63.5 cm³/mol. The lowest BCUT2D eigenvalue weighted by Gasteiger charge is -2.31. The molecule has 1 saturated heterocycles. The summed E-state index contributed by atoms with van der Waals surface area (Å²) in [6, 6.07) is 0. The van der Waals surface area contributed by atoms with Crippen molar-refractivity contribution in [1.82, 2.24) is 15.1 Å². The van der Waals surface area contributed by atoms with Gasteiger partial charge >= 0.3 is 0 Å². The summed E-state index contributed by atoms with van der Waals surface area (Å²) < 4.78 is 0. The van der Waals surface area contributed by atoms with Gasteiger partial charge in [0.2, 0.25) is 0 Å². The van der Waals surface area contributed by atoms with Crippen LogP contribution in [0.3, 0.4) is 0 Å². The fourth-order valence-electron chi connectivity index (χ4n) is 2.15. The van der Waals surface area contributed by atoms with Crippen LogP contribution in [0.15, 0.2) is 0 Å². The van der Waals surface area contributed by atoms with Gasteiger partial charge in [-0.05, 0) is 25.7 Å². The van der Waals surface area contributed by atoms with E-state index in [0.717, 1.165) is 12.8 Å². The predicted octanol–water partition coefficient (Wildman–Crippen LogP) is 0.145. The second-order valence-corrected chi connectivity index (χ2v) is 4.55. The van der Waals surface area contributed by atoms with Crippen molar-refractivity contribution in [3.63, 3.8) is 0 Å². The van der Waals surface area contributed by atoms with Gasteiger partial charge in [-0.15, -0.1) is 0 Å². The normalized spacial score (nSPS) is 20.6. The number of anilines is 1. The molecule has 2 rings (SSSR count). The van der Waals surface area contributed by atoms with Gasteiger partial charge in [0, 0.05) is 19.7 Å². The van der Waals surface area contributed by atoms with E-state index in [1.807, 2.05) is 0 Å². The fraction of sp³-hybridized carbons (Fsp3) is 0.636. The fourth-order valence-corrected chi connectivity index (χ4v) is 2.15. The van der Waals surface area contributed by atoms with Crippen molar-refractivity contribution in [1.29, 1.82) is 0 Å². The third-order valence-electron chi connectivity index (χ3n) is 3.26. The minimum atomic E-state index is -0.148. The zero-order chi connectivity index (χ0) is 12.4. The number of hydrogen-bond acceptors (Lipinski definition) is 4. The number of rotatable bonds is 2. The number of nitrogens with one attached hydrogen (secondary N) is 1. The van der Waals surface area contributed by atoms with Gasteiger partial charge < -0.3 is 15.7 Å². The molecule has 0 bridgehead atoms. The van der Waals surface area contributed by atoms with Crippen molar-refractivity contribution < 1.29 is 9.90 Å². The summed E-state index contributed by atoms with van der Waals surface area (Å²) in [5.74, 6) is 0.0268. The smallest absolute Gasteiger partial charge is 0.276 e. The Morgan fingerprint density at radius 3 is 3.06 bits per heavy atom. The molecule has 94 valence electrons. The van der Waals surface area contributed by atoms with Gasteiger partial charge in [-0.25, -0.2) is 0 Å². The standard InChI is InChI=1S/C11H18N4O2/c1-7-9(12)10(14-13-7)11(17)15-4-2-3-8(5-15)6-16/h8,16H,2-6,12H2,1H3,(H,13,14). The third kappa shape index (κ3) is 2.26. The number of aromatic nitrogens is 2. The molecule has 0 aliphatic carbocycles. The largest absolute Gasteiger partial charge is 0.396 e.